The highest BCUT2D eigenvalue weighted by molar-refractivity contribution is 7.98. The van der Waals surface area contributed by atoms with Gasteiger partial charge in [-0.1, -0.05) is 42.1 Å². The minimum atomic E-state index is -0.342. The topological polar surface area (TPSA) is 61.0 Å². The first kappa shape index (κ1) is 13.6. The summed E-state index contributed by atoms with van der Waals surface area (Å²) in [7, 11) is 1.96. The van der Waals surface area contributed by atoms with Gasteiger partial charge in [0.25, 0.3) is 5.69 Å². The number of hydrogen-bond donors (Lipinski definition) is 0. The smallest absolute Gasteiger partial charge is 0.273 e. The molecule has 0 saturated heterocycles. The number of thioether (sulfide) groups is 1. The van der Waals surface area contributed by atoms with E-state index < -0.39 is 0 Å². The Kier molecular flexibility index (Phi) is 3.62. The van der Waals surface area contributed by atoms with E-state index in [4.69, 9.17) is 0 Å². The number of hydrogen-bond acceptors (Lipinski definition) is 4. The Bertz CT molecular complexity index is 814. The lowest BCUT2D eigenvalue weighted by atomic mass is 10.2. The zero-order chi connectivity index (χ0) is 14.8. The highest BCUT2D eigenvalue weighted by Crippen LogP contribution is 2.29. The van der Waals surface area contributed by atoms with Gasteiger partial charge in [-0.05, 0) is 12.1 Å². The van der Waals surface area contributed by atoms with E-state index in [0.717, 1.165) is 16.2 Å². The van der Waals surface area contributed by atoms with Gasteiger partial charge in [-0.3, -0.25) is 10.1 Å². The van der Waals surface area contributed by atoms with Crippen molar-refractivity contribution in [2.45, 2.75) is 10.9 Å². The number of nitro benzene ring substituents is 1. The fourth-order valence-corrected chi connectivity index (χ4v) is 3.19. The first-order valence-electron chi connectivity index (χ1n) is 6.43. The van der Waals surface area contributed by atoms with Gasteiger partial charge in [0.05, 0.1) is 16.0 Å². The van der Waals surface area contributed by atoms with Gasteiger partial charge in [0.1, 0.15) is 0 Å². The van der Waals surface area contributed by atoms with Crippen LogP contribution in [0.15, 0.2) is 53.7 Å². The summed E-state index contributed by atoms with van der Waals surface area (Å²) in [6.45, 7) is 0. The van der Waals surface area contributed by atoms with E-state index in [9.17, 15) is 10.1 Å². The summed E-state index contributed by atoms with van der Waals surface area (Å²) in [6.07, 6.45) is 0. The van der Waals surface area contributed by atoms with Gasteiger partial charge in [-0.15, -0.1) is 0 Å². The maximum absolute atomic E-state index is 11.0. The first-order chi connectivity index (χ1) is 10.2. The van der Waals surface area contributed by atoms with Crippen LogP contribution in [0, 0.1) is 10.1 Å². The highest BCUT2D eigenvalue weighted by Gasteiger charge is 2.14. The van der Waals surface area contributed by atoms with Crippen LogP contribution in [0.4, 0.5) is 5.69 Å². The van der Waals surface area contributed by atoms with E-state index in [0.29, 0.717) is 11.3 Å². The highest BCUT2D eigenvalue weighted by atomic mass is 32.2. The number of benzene rings is 2. The van der Waals surface area contributed by atoms with Crippen LogP contribution in [0.1, 0.15) is 5.56 Å². The number of nitro groups is 1. The van der Waals surface area contributed by atoms with Crippen LogP contribution in [0.25, 0.3) is 11.0 Å². The molecule has 0 spiro atoms. The Morgan fingerprint density at radius 2 is 1.90 bits per heavy atom. The molecule has 0 N–H and O–H groups in total. The van der Waals surface area contributed by atoms with Crippen molar-refractivity contribution < 1.29 is 4.92 Å². The summed E-state index contributed by atoms with van der Waals surface area (Å²) in [6, 6.07) is 14.7. The normalized spacial score (nSPS) is 10.9. The zero-order valence-electron chi connectivity index (χ0n) is 11.4. The van der Waals surface area contributed by atoms with E-state index in [-0.39, 0.29) is 10.6 Å². The Morgan fingerprint density at radius 1 is 1.19 bits per heavy atom. The molecule has 1 aromatic heterocycles. The van der Waals surface area contributed by atoms with Crippen LogP contribution in [0.2, 0.25) is 0 Å². The number of imidazole rings is 1. The number of nitrogens with zero attached hydrogens (tertiary/aromatic N) is 3. The first-order valence-corrected chi connectivity index (χ1v) is 7.42. The minimum absolute atomic E-state index is 0.156. The molecule has 0 aliphatic rings. The third-order valence-corrected chi connectivity index (χ3v) is 4.37. The lowest BCUT2D eigenvalue weighted by Crippen LogP contribution is -1.95. The molecule has 0 unspecified atom stereocenters. The van der Waals surface area contributed by atoms with Crippen LogP contribution in [0.3, 0.4) is 0 Å². The van der Waals surface area contributed by atoms with Crippen LogP contribution in [0.5, 0.6) is 0 Å². The maximum Gasteiger partial charge on any atom is 0.273 e. The molecule has 3 rings (SSSR count). The number of fused-ring (bicyclic) bond motifs is 1. The Balaban J connectivity index is 1.87. The lowest BCUT2D eigenvalue weighted by Gasteiger charge is -2.03. The van der Waals surface area contributed by atoms with Gasteiger partial charge in [-0.25, -0.2) is 4.98 Å². The molecule has 0 amide bonds. The number of para-hydroxylation sites is 3. The fourth-order valence-electron chi connectivity index (χ4n) is 2.21. The van der Waals surface area contributed by atoms with Crippen molar-refractivity contribution in [3.8, 4) is 0 Å². The van der Waals surface area contributed by atoms with Gasteiger partial charge in [0.2, 0.25) is 0 Å². The second-order valence-electron chi connectivity index (χ2n) is 4.62. The monoisotopic (exact) mass is 299 g/mol. The van der Waals surface area contributed by atoms with Gasteiger partial charge >= 0.3 is 0 Å². The van der Waals surface area contributed by atoms with Crippen molar-refractivity contribution in [2.75, 3.05) is 0 Å². The van der Waals surface area contributed by atoms with Crippen molar-refractivity contribution in [2.24, 2.45) is 7.05 Å². The zero-order valence-corrected chi connectivity index (χ0v) is 12.2. The van der Waals surface area contributed by atoms with Crippen molar-refractivity contribution in [1.29, 1.82) is 0 Å². The number of aryl methyl sites for hydroxylation is 1. The molecule has 21 heavy (non-hydrogen) atoms. The molecule has 6 heteroatoms. The molecule has 2 aromatic carbocycles. The largest absolute Gasteiger partial charge is 0.322 e. The molecule has 0 aliphatic carbocycles. The Labute approximate surface area is 125 Å². The summed E-state index contributed by atoms with van der Waals surface area (Å²) < 4.78 is 2.01. The van der Waals surface area contributed by atoms with Gasteiger partial charge < -0.3 is 4.57 Å². The van der Waals surface area contributed by atoms with E-state index in [2.05, 4.69) is 4.98 Å². The molecule has 0 fully saturated rings. The number of rotatable bonds is 4. The number of aromatic nitrogens is 2. The Hall–Kier alpha value is -2.34. The quantitative estimate of drug-likeness (QED) is 0.418. The molecule has 3 aromatic rings. The summed E-state index contributed by atoms with van der Waals surface area (Å²) in [5.74, 6) is 0.522. The van der Waals surface area contributed by atoms with Crippen LogP contribution in [-0.2, 0) is 12.8 Å². The molecule has 0 saturated carbocycles. The molecule has 0 bridgehead atoms. The molecule has 1 heterocycles. The van der Waals surface area contributed by atoms with Crippen molar-refractivity contribution in [3.63, 3.8) is 0 Å². The summed E-state index contributed by atoms with van der Waals surface area (Å²) >= 11 is 1.50. The summed E-state index contributed by atoms with van der Waals surface area (Å²) in [5, 5.41) is 11.9. The van der Waals surface area contributed by atoms with E-state index >= 15 is 0 Å². The standard InChI is InChI=1S/C15H13N3O2S/c1-17-14-9-5-3-7-12(14)16-15(17)21-10-11-6-2-4-8-13(11)18(19)20/h2-9H,10H2,1H3. The molecule has 106 valence electrons. The van der Waals surface area contributed by atoms with Gasteiger partial charge in [0.15, 0.2) is 5.16 Å². The third-order valence-electron chi connectivity index (χ3n) is 3.29. The second-order valence-corrected chi connectivity index (χ2v) is 5.56. The second kappa shape index (κ2) is 5.57. The van der Waals surface area contributed by atoms with E-state index in [1.807, 2.05) is 41.9 Å². The SMILES string of the molecule is Cn1c(SCc2ccccc2[N+](=O)[O-])nc2ccccc21. The van der Waals surface area contributed by atoms with E-state index in [1.165, 1.54) is 17.8 Å². The minimum Gasteiger partial charge on any atom is -0.322 e. The van der Waals surface area contributed by atoms with Crippen molar-refractivity contribution >= 4 is 28.5 Å². The molecule has 0 aliphatic heterocycles. The molecular formula is C15H13N3O2S. The average molecular weight is 299 g/mol. The predicted octanol–water partition coefficient (Wildman–Crippen LogP) is 3.77. The third kappa shape index (κ3) is 2.62. The van der Waals surface area contributed by atoms with Crippen LogP contribution in [-0.4, -0.2) is 14.5 Å². The van der Waals surface area contributed by atoms with Crippen molar-refractivity contribution in [1.82, 2.24) is 9.55 Å². The lowest BCUT2D eigenvalue weighted by molar-refractivity contribution is -0.385. The van der Waals surface area contributed by atoms with Gasteiger partial charge in [-0.2, -0.15) is 0 Å². The molecule has 0 radical (unpaired) electrons. The van der Waals surface area contributed by atoms with Crippen molar-refractivity contribution in [3.05, 3.63) is 64.2 Å². The van der Waals surface area contributed by atoms with E-state index in [1.54, 1.807) is 12.1 Å². The summed E-state index contributed by atoms with van der Waals surface area (Å²) in [4.78, 5) is 15.2. The average Bonchev–Trinajstić information content (AvgIpc) is 2.82. The summed E-state index contributed by atoms with van der Waals surface area (Å²) in [5.41, 5.74) is 2.86. The Morgan fingerprint density at radius 3 is 2.67 bits per heavy atom. The molecular weight excluding hydrogens is 286 g/mol. The van der Waals surface area contributed by atoms with Gasteiger partial charge in [0, 0.05) is 24.4 Å². The molecule has 5 nitrogen and oxygen atoms in total. The predicted molar refractivity (Wildman–Crippen MR) is 83.4 cm³/mol. The van der Waals surface area contributed by atoms with Crippen LogP contribution >= 0.6 is 11.8 Å². The van der Waals surface area contributed by atoms with Crippen LogP contribution < -0.4 is 0 Å². The maximum atomic E-state index is 11.0. The fraction of sp³-hybridized carbons (Fsp3) is 0.133. The molecule has 0 atom stereocenters.